The Labute approximate surface area is 162 Å². The topological polar surface area (TPSA) is 44.8 Å². The molecule has 5 heterocycles. The molecule has 2 amide bonds. The van der Waals surface area contributed by atoms with Gasteiger partial charge in [0.15, 0.2) is 5.72 Å². The summed E-state index contributed by atoms with van der Waals surface area (Å²) in [6.45, 7) is 0.609. The second-order valence-electron chi connectivity index (χ2n) is 8.27. The van der Waals surface area contributed by atoms with Gasteiger partial charge in [-0.3, -0.25) is 9.80 Å². The van der Waals surface area contributed by atoms with Gasteiger partial charge >= 0.3 is 6.03 Å². The molecule has 5 unspecified atom stereocenters. The lowest BCUT2D eigenvalue weighted by molar-refractivity contribution is -0.193. The number of amides is 2. The normalized spacial score (nSPS) is 36.6. The number of hydrogen-bond acceptors (Lipinski definition) is 4. The van der Waals surface area contributed by atoms with Gasteiger partial charge in [-0.25, -0.2) is 4.79 Å². The second-order valence-corrected chi connectivity index (χ2v) is 9.30. The smallest absolute Gasteiger partial charge is 0.321 e. The van der Waals surface area contributed by atoms with Crippen molar-refractivity contribution in [1.82, 2.24) is 15.1 Å². The van der Waals surface area contributed by atoms with E-state index >= 15 is 0 Å². The van der Waals surface area contributed by atoms with Gasteiger partial charge in [0.2, 0.25) is 0 Å². The number of nitrogens with one attached hydrogen (secondary N) is 1. The van der Waals surface area contributed by atoms with Crippen LogP contribution in [0.15, 0.2) is 41.8 Å². The zero-order valence-corrected chi connectivity index (χ0v) is 16.1. The highest BCUT2D eigenvalue weighted by molar-refractivity contribution is 7.09. The van der Waals surface area contributed by atoms with Crippen LogP contribution in [0.4, 0.5) is 4.79 Å². The fraction of sp³-hybridized carbons (Fsp3) is 0.476. The molecule has 1 N–H and O–H groups in total. The first-order valence-corrected chi connectivity index (χ1v) is 10.7. The van der Waals surface area contributed by atoms with Gasteiger partial charge in [-0.1, -0.05) is 24.3 Å². The quantitative estimate of drug-likeness (QED) is 0.865. The summed E-state index contributed by atoms with van der Waals surface area (Å²) in [5.41, 5.74) is 0.574. The molecule has 2 aromatic rings. The first kappa shape index (κ1) is 16.0. The lowest BCUT2D eigenvalue weighted by Gasteiger charge is -2.62. The van der Waals surface area contributed by atoms with Crippen LogP contribution in [0.1, 0.15) is 35.7 Å². The second kappa shape index (κ2) is 5.49. The third-order valence-corrected chi connectivity index (χ3v) is 7.99. The van der Waals surface area contributed by atoms with Gasteiger partial charge < -0.3 is 10.1 Å². The summed E-state index contributed by atoms with van der Waals surface area (Å²) in [6, 6.07) is 13.3. The average Bonchev–Trinajstić information content (AvgIpc) is 3.25. The van der Waals surface area contributed by atoms with E-state index in [2.05, 4.69) is 46.9 Å². The minimum atomic E-state index is -0.552. The zero-order valence-electron chi connectivity index (χ0n) is 15.3. The molecule has 4 aliphatic heterocycles. The molecule has 5 nitrogen and oxygen atoms in total. The van der Waals surface area contributed by atoms with Crippen LogP contribution in [0.25, 0.3) is 0 Å². The highest BCUT2D eigenvalue weighted by atomic mass is 32.1. The van der Waals surface area contributed by atoms with E-state index in [0.717, 1.165) is 17.7 Å². The molecule has 27 heavy (non-hydrogen) atoms. The van der Waals surface area contributed by atoms with E-state index in [0.29, 0.717) is 18.6 Å². The van der Waals surface area contributed by atoms with Gasteiger partial charge in [0, 0.05) is 28.9 Å². The predicted octanol–water partition coefficient (Wildman–Crippen LogP) is 3.59. The van der Waals surface area contributed by atoms with Crippen molar-refractivity contribution >= 4 is 17.4 Å². The van der Waals surface area contributed by atoms with Crippen LogP contribution in [0.5, 0.6) is 5.75 Å². The zero-order chi connectivity index (χ0) is 18.2. The van der Waals surface area contributed by atoms with Crippen molar-refractivity contribution in [3.63, 3.8) is 0 Å². The number of para-hydroxylation sites is 1. The molecule has 140 valence electrons. The summed E-state index contributed by atoms with van der Waals surface area (Å²) in [6.07, 6.45) is 3.25. The van der Waals surface area contributed by atoms with Crippen molar-refractivity contribution < 1.29 is 9.53 Å². The van der Waals surface area contributed by atoms with E-state index < -0.39 is 5.72 Å². The number of rotatable bonds is 2. The molecular formula is C21H23N3O2S. The Balaban J connectivity index is 1.52. The van der Waals surface area contributed by atoms with Crippen LogP contribution in [-0.4, -0.2) is 40.7 Å². The number of thiophene rings is 1. The lowest BCUT2D eigenvalue weighted by atomic mass is 9.71. The minimum absolute atomic E-state index is 0.00288. The number of benzene rings is 1. The van der Waals surface area contributed by atoms with E-state index in [9.17, 15) is 4.79 Å². The van der Waals surface area contributed by atoms with E-state index in [1.165, 1.54) is 17.7 Å². The van der Waals surface area contributed by atoms with Crippen LogP contribution in [0.2, 0.25) is 0 Å². The molecule has 0 aliphatic carbocycles. The summed E-state index contributed by atoms with van der Waals surface area (Å²) < 4.78 is 6.80. The van der Waals surface area contributed by atoms with Crippen molar-refractivity contribution in [2.45, 2.75) is 49.7 Å². The molecule has 0 radical (unpaired) electrons. The third-order valence-electron chi connectivity index (χ3n) is 7.13. The molecule has 5 atom stereocenters. The van der Waals surface area contributed by atoms with Gasteiger partial charge in [0.1, 0.15) is 5.75 Å². The highest BCUT2D eigenvalue weighted by Gasteiger charge is 2.66. The predicted molar refractivity (Wildman–Crippen MR) is 104 cm³/mol. The van der Waals surface area contributed by atoms with Crippen LogP contribution < -0.4 is 10.1 Å². The Morgan fingerprint density at radius 2 is 2.15 bits per heavy atom. The van der Waals surface area contributed by atoms with E-state index in [1.807, 2.05) is 17.0 Å². The minimum Gasteiger partial charge on any atom is -0.467 e. The fourth-order valence-corrected chi connectivity index (χ4v) is 6.65. The summed E-state index contributed by atoms with van der Waals surface area (Å²) in [7, 11) is 2.25. The number of hydrogen-bond donors (Lipinski definition) is 1. The van der Waals surface area contributed by atoms with E-state index in [4.69, 9.17) is 4.74 Å². The molecule has 4 aliphatic rings. The number of fused-ring (bicyclic) bond motifs is 4. The summed E-state index contributed by atoms with van der Waals surface area (Å²) in [5.74, 6) is 1.17. The standard InChI is InChI=1S/C21H23N3O2S/c1-23-13-8-9-16(23)18-19-15-6-2-3-7-17(15)26-21(18,11-13)24(20(25)22-19)12-14-5-4-10-27-14/h2-7,10,13,16,18-19H,8-9,11-12H2,1H3,(H,22,25). The van der Waals surface area contributed by atoms with Crippen molar-refractivity contribution in [2.24, 2.45) is 5.92 Å². The molecule has 1 aromatic carbocycles. The number of piperidine rings is 1. The van der Waals surface area contributed by atoms with Gasteiger partial charge in [0.25, 0.3) is 0 Å². The lowest BCUT2D eigenvalue weighted by Crippen LogP contribution is -2.76. The Morgan fingerprint density at radius 3 is 3.00 bits per heavy atom. The monoisotopic (exact) mass is 381 g/mol. The Bertz CT molecular complexity index is 901. The first-order chi connectivity index (χ1) is 13.2. The number of nitrogens with zero attached hydrogens (tertiary/aromatic N) is 2. The molecular weight excluding hydrogens is 358 g/mol. The van der Waals surface area contributed by atoms with E-state index in [-0.39, 0.29) is 18.0 Å². The Morgan fingerprint density at radius 1 is 1.26 bits per heavy atom. The molecule has 6 heteroatoms. The average molecular weight is 382 g/mol. The number of carbonyl (C=O) groups excluding carboxylic acids is 1. The molecule has 4 bridgehead atoms. The SMILES string of the molecule is CN1C2CCC1C1C3NC(=O)N(Cc4cccs4)C1(C2)Oc1ccccc13. The van der Waals surface area contributed by atoms with Crippen molar-refractivity contribution in [2.75, 3.05) is 7.05 Å². The van der Waals surface area contributed by atoms with Gasteiger partial charge in [0.05, 0.1) is 18.5 Å². The maximum atomic E-state index is 13.2. The summed E-state index contributed by atoms with van der Waals surface area (Å²) >= 11 is 1.70. The maximum Gasteiger partial charge on any atom is 0.321 e. The third kappa shape index (κ3) is 2.05. The van der Waals surface area contributed by atoms with Crippen molar-refractivity contribution in [1.29, 1.82) is 0 Å². The van der Waals surface area contributed by atoms with Gasteiger partial charge in [-0.15, -0.1) is 11.3 Å². The van der Waals surface area contributed by atoms with Gasteiger partial charge in [-0.2, -0.15) is 0 Å². The highest BCUT2D eigenvalue weighted by Crippen LogP contribution is 2.57. The molecule has 3 saturated heterocycles. The molecule has 1 aromatic heterocycles. The Hall–Kier alpha value is -2.05. The Kier molecular flexibility index (Phi) is 3.24. The maximum absolute atomic E-state index is 13.2. The fourth-order valence-electron chi connectivity index (χ4n) is 5.96. The first-order valence-electron chi connectivity index (χ1n) is 9.78. The van der Waals surface area contributed by atoms with Crippen LogP contribution in [0.3, 0.4) is 0 Å². The number of ether oxygens (including phenoxy) is 1. The molecule has 6 rings (SSSR count). The van der Waals surface area contributed by atoms with Crippen LogP contribution in [0, 0.1) is 5.92 Å². The van der Waals surface area contributed by atoms with Gasteiger partial charge in [-0.05, 0) is 37.4 Å². The van der Waals surface area contributed by atoms with Crippen molar-refractivity contribution in [3.8, 4) is 5.75 Å². The summed E-state index contributed by atoms with van der Waals surface area (Å²) in [5, 5.41) is 5.42. The van der Waals surface area contributed by atoms with Crippen molar-refractivity contribution in [3.05, 3.63) is 52.2 Å². The van der Waals surface area contributed by atoms with Crippen LogP contribution >= 0.6 is 11.3 Å². The largest absolute Gasteiger partial charge is 0.467 e. The number of urea groups is 1. The van der Waals surface area contributed by atoms with Crippen LogP contribution in [-0.2, 0) is 6.54 Å². The molecule has 0 saturated carbocycles. The molecule has 3 fully saturated rings. The molecule has 0 spiro atoms. The van der Waals surface area contributed by atoms with E-state index in [1.54, 1.807) is 11.3 Å². The number of carbonyl (C=O) groups is 1. The summed E-state index contributed by atoms with van der Waals surface area (Å²) in [4.78, 5) is 19.0.